The molecule has 0 aromatic carbocycles. The second kappa shape index (κ2) is 6.98. The zero-order valence-electron chi connectivity index (χ0n) is 12.4. The number of rotatable bonds is 3. The zero-order chi connectivity index (χ0) is 15.5. The first-order valence-corrected chi connectivity index (χ1v) is 8.83. The van der Waals surface area contributed by atoms with Gasteiger partial charge in [0.2, 0.25) is 11.8 Å². The molecule has 0 saturated carbocycles. The highest BCUT2D eigenvalue weighted by Crippen LogP contribution is 2.23. The third kappa shape index (κ3) is 3.80. The van der Waals surface area contributed by atoms with Gasteiger partial charge in [-0.05, 0) is 18.6 Å². The van der Waals surface area contributed by atoms with Crippen molar-refractivity contribution in [3.63, 3.8) is 0 Å². The monoisotopic (exact) mass is 341 g/mol. The lowest BCUT2D eigenvalue weighted by atomic mass is 9.97. The van der Waals surface area contributed by atoms with Gasteiger partial charge in [-0.1, -0.05) is 11.6 Å². The number of hydrogen-bond donors (Lipinski definition) is 1. The van der Waals surface area contributed by atoms with Crippen LogP contribution in [0.25, 0.3) is 0 Å². The molecule has 3 rings (SSSR count). The van der Waals surface area contributed by atoms with Crippen molar-refractivity contribution in [2.24, 2.45) is 5.92 Å². The van der Waals surface area contributed by atoms with Crippen molar-refractivity contribution >= 4 is 34.8 Å². The van der Waals surface area contributed by atoms with E-state index in [4.69, 9.17) is 11.6 Å². The molecule has 120 valence electrons. The van der Waals surface area contributed by atoms with Crippen LogP contribution in [0, 0.1) is 5.92 Å². The van der Waals surface area contributed by atoms with Gasteiger partial charge in [0.25, 0.3) is 0 Å². The number of hydrogen-bond acceptors (Lipinski definition) is 4. The molecule has 0 aliphatic carbocycles. The smallest absolute Gasteiger partial charge is 0.227 e. The average Bonchev–Trinajstić information content (AvgIpc) is 2.93. The topological polar surface area (TPSA) is 52.7 Å². The maximum absolute atomic E-state index is 12.5. The number of piperidine rings is 1. The average molecular weight is 342 g/mol. The summed E-state index contributed by atoms with van der Waals surface area (Å²) in [6.07, 6.45) is 1.15. The van der Waals surface area contributed by atoms with Crippen LogP contribution in [-0.2, 0) is 16.1 Å². The Balaban J connectivity index is 1.47. The number of nitrogens with zero attached hydrogens (tertiary/aromatic N) is 2. The summed E-state index contributed by atoms with van der Waals surface area (Å²) in [5, 5.41) is 2.79. The lowest BCUT2D eigenvalue weighted by Crippen LogP contribution is -2.52. The molecular weight excluding hydrogens is 322 g/mol. The Labute approximate surface area is 139 Å². The van der Waals surface area contributed by atoms with Crippen LogP contribution < -0.4 is 5.32 Å². The van der Waals surface area contributed by atoms with Crippen LogP contribution in [0.1, 0.15) is 17.7 Å². The van der Waals surface area contributed by atoms with Crippen LogP contribution in [0.3, 0.4) is 0 Å². The quantitative estimate of drug-likeness (QED) is 0.908. The Morgan fingerprint density at radius 2 is 2.09 bits per heavy atom. The highest BCUT2D eigenvalue weighted by Gasteiger charge is 2.30. The first-order valence-electron chi connectivity index (χ1n) is 7.64. The summed E-state index contributed by atoms with van der Waals surface area (Å²) in [6, 6.07) is 3.99. The molecule has 0 spiro atoms. The van der Waals surface area contributed by atoms with Gasteiger partial charge >= 0.3 is 0 Å². The van der Waals surface area contributed by atoms with E-state index in [2.05, 4.69) is 16.3 Å². The maximum atomic E-state index is 12.5. The summed E-state index contributed by atoms with van der Waals surface area (Å²) < 4.78 is 0.822. The number of halogens is 1. The van der Waals surface area contributed by atoms with Crippen molar-refractivity contribution in [1.29, 1.82) is 0 Å². The van der Waals surface area contributed by atoms with E-state index in [1.54, 1.807) is 11.3 Å². The SMILES string of the molecule is O=C1CCC(C(=O)N2CCN(Cc3ccc(Cl)s3)CC2)CN1. The van der Waals surface area contributed by atoms with E-state index in [1.807, 2.05) is 11.0 Å². The number of carbonyl (C=O) groups is 2. The number of thiophene rings is 1. The van der Waals surface area contributed by atoms with Crippen LogP contribution in [0.5, 0.6) is 0 Å². The predicted molar refractivity (Wildman–Crippen MR) is 86.9 cm³/mol. The molecule has 2 aliphatic rings. The second-order valence-corrected chi connectivity index (χ2v) is 7.65. The molecule has 1 unspecified atom stereocenters. The largest absolute Gasteiger partial charge is 0.355 e. The molecule has 2 aliphatic heterocycles. The van der Waals surface area contributed by atoms with E-state index in [-0.39, 0.29) is 17.7 Å². The number of amides is 2. The van der Waals surface area contributed by atoms with Crippen LogP contribution in [0.4, 0.5) is 0 Å². The summed E-state index contributed by atoms with van der Waals surface area (Å²) in [7, 11) is 0. The molecule has 1 aromatic rings. The van der Waals surface area contributed by atoms with Crippen molar-refractivity contribution in [2.45, 2.75) is 19.4 Å². The van der Waals surface area contributed by atoms with Gasteiger partial charge in [-0.25, -0.2) is 0 Å². The summed E-state index contributed by atoms with van der Waals surface area (Å²) in [5.41, 5.74) is 0. The highest BCUT2D eigenvalue weighted by molar-refractivity contribution is 7.16. The van der Waals surface area contributed by atoms with Crippen molar-refractivity contribution in [3.8, 4) is 0 Å². The second-order valence-electron chi connectivity index (χ2n) is 5.85. The van der Waals surface area contributed by atoms with Gasteiger partial charge in [0.15, 0.2) is 0 Å². The molecule has 22 heavy (non-hydrogen) atoms. The first kappa shape index (κ1) is 15.8. The molecule has 1 N–H and O–H groups in total. The number of carbonyl (C=O) groups excluding carboxylic acids is 2. The summed E-state index contributed by atoms with van der Waals surface area (Å²) in [6.45, 7) is 4.70. The minimum absolute atomic E-state index is 0.0413. The highest BCUT2D eigenvalue weighted by atomic mass is 35.5. The lowest BCUT2D eigenvalue weighted by Gasteiger charge is -2.37. The Hall–Kier alpha value is -1.11. The van der Waals surface area contributed by atoms with E-state index in [1.165, 1.54) is 4.88 Å². The van der Waals surface area contributed by atoms with Gasteiger partial charge < -0.3 is 10.2 Å². The molecular formula is C15H20ClN3O2S. The normalized spacial score (nSPS) is 23.4. The molecule has 0 radical (unpaired) electrons. The van der Waals surface area contributed by atoms with E-state index in [0.717, 1.165) is 37.1 Å². The lowest BCUT2D eigenvalue weighted by molar-refractivity contribution is -0.139. The van der Waals surface area contributed by atoms with Gasteiger partial charge in [-0.2, -0.15) is 0 Å². The molecule has 2 amide bonds. The van der Waals surface area contributed by atoms with Gasteiger partial charge in [0, 0.05) is 50.6 Å². The molecule has 3 heterocycles. The van der Waals surface area contributed by atoms with Crippen molar-refractivity contribution in [2.75, 3.05) is 32.7 Å². The molecule has 2 fully saturated rings. The predicted octanol–water partition coefficient (Wildman–Crippen LogP) is 1.57. The van der Waals surface area contributed by atoms with Crippen LogP contribution >= 0.6 is 22.9 Å². The molecule has 1 aromatic heterocycles. The minimum Gasteiger partial charge on any atom is -0.355 e. The van der Waals surface area contributed by atoms with Crippen molar-refractivity contribution < 1.29 is 9.59 Å². The van der Waals surface area contributed by atoms with Gasteiger partial charge in [-0.3, -0.25) is 14.5 Å². The Bertz CT molecular complexity index is 545. The number of nitrogens with one attached hydrogen (secondary N) is 1. The number of piperazine rings is 1. The molecule has 5 nitrogen and oxygen atoms in total. The van der Waals surface area contributed by atoms with Crippen LogP contribution in [0.15, 0.2) is 12.1 Å². The first-order chi connectivity index (χ1) is 10.6. The summed E-state index contributed by atoms with van der Waals surface area (Å²) in [5.74, 6) is 0.211. The fraction of sp³-hybridized carbons (Fsp3) is 0.600. The Morgan fingerprint density at radius 3 is 2.68 bits per heavy atom. The molecule has 2 saturated heterocycles. The van der Waals surface area contributed by atoms with E-state index < -0.39 is 0 Å². The van der Waals surface area contributed by atoms with Crippen LogP contribution in [0.2, 0.25) is 4.34 Å². The van der Waals surface area contributed by atoms with E-state index in [9.17, 15) is 9.59 Å². The van der Waals surface area contributed by atoms with Gasteiger partial charge in [0.1, 0.15) is 0 Å². The van der Waals surface area contributed by atoms with E-state index in [0.29, 0.717) is 19.4 Å². The maximum Gasteiger partial charge on any atom is 0.227 e. The molecule has 1 atom stereocenters. The third-order valence-electron chi connectivity index (χ3n) is 4.31. The minimum atomic E-state index is -0.0413. The van der Waals surface area contributed by atoms with E-state index >= 15 is 0 Å². The molecule has 0 bridgehead atoms. The summed E-state index contributed by atoms with van der Waals surface area (Å²) in [4.78, 5) is 29.2. The fourth-order valence-corrected chi connectivity index (χ4v) is 4.12. The van der Waals surface area contributed by atoms with Gasteiger partial charge in [0.05, 0.1) is 10.3 Å². The third-order valence-corrected chi connectivity index (χ3v) is 5.52. The molecule has 7 heteroatoms. The van der Waals surface area contributed by atoms with Crippen molar-refractivity contribution in [3.05, 3.63) is 21.3 Å². The fourth-order valence-electron chi connectivity index (χ4n) is 2.99. The summed E-state index contributed by atoms with van der Waals surface area (Å²) >= 11 is 7.57. The zero-order valence-corrected chi connectivity index (χ0v) is 14.0. The Morgan fingerprint density at radius 1 is 1.32 bits per heavy atom. The van der Waals surface area contributed by atoms with Crippen molar-refractivity contribution in [1.82, 2.24) is 15.1 Å². The Kier molecular flexibility index (Phi) is 5.00. The van der Waals surface area contributed by atoms with Crippen LogP contribution in [-0.4, -0.2) is 54.3 Å². The van der Waals surface area contributed by atoms with Gasteiger partial charge in [-0.15, -0.1) is 11.3 Å². The standard InChI is InChI=1S/C15H20ClN3O2S/c16-13-3-2-12(22-13)10-18-5-7-19(8-6-18)15(21)11-1-4-14(20)17-9-11/h2-3,11H,1,4-10H2,(H,17,20).